The Labute approximate surface area is 239 Å². The van der Waals surface area contributed by atoms with E-state index in [1.807, 2.05) is 42.7 Å². The monoisotopic (exact) mass is 567 g/mol. The molecule has 2 aliphatic rings. The van der Waals surface area contributed by atoms with E-state index < -0.39 is 0 Å². The molecule has 2 saturated heterocycles. The van der Waals surface area contributed by atoms with Gasteiger partial charge in [0, 0.05) is 66.6 Å². The molecule has 10 heteroatoms. The van der Waals surface area contributed by atoms with E-state index in [1.54, 1.807) is 13.3 Å². The number of nitrogens with zero attached hydrogens (tertiary/aromatic N) is 4. The van der Waals surface area contributed by atoms with Crippen LogP contribution >= 0.6 is 11.6 Å². The molecule has 1 N–H and O–H groups in total. The van der Waals surface area contributed by atoms with Crippen LogP contribution < -0.4 is 10.9 Å². The van der Waals surface area contributed by atoms with Crippen LogP contribution in [0.5, 0.6) is 0 Å². The number of hydrogen-bond acceptors (Lipinski definition) is 8. The fourth-order valence-electron chi connectivity index (χ4n) is 5.58. The molecule has 2 aromatic heterocycles. The topological polar surface area (TPSA) is 99.9 Å². The van der Waals surface area contributed by atoms with E-state index in [9.17, 15) is 4.79 Å². The molecule has 2 aliphatic heterocycles. The van der Waals surface area contributed by atoms with Crippen molar-refractivity contribution >= 4 is 34.5 Å². The first-order valence-electron chi connectivity index (χ1n) is 13.9. The highest BCUT2D eigenvalue weighted by Gasteiger charge is 2.32. The van der Waals surface area contributed by atoms with Crippen molar-refractivity contribution < 1.29 is 14.2 Å². The first-order chi connectivity index (χ1) is 19.1. The maximum absolute atomic E-state index is 14.3. The summed E-state index contributed by atoms with van der Waals surface area (Å²) in [6.45, 7) is 9.92. The van der Waals surface area contributed by atoms with Crippen molar-refractivity contribution in [3.8, 4) is 11.1 Å². The van der Waals surface area contributed by atoms with Crippen LogP contribution in [0.2, 0.25) is 5.02 Å². The van der Waals surface area contributed by atoms with Crippen molar-refractivity contribution in [2.24, 2.45) is 4.99 Å². The summed E-state index contributed by atoms with van der Waals surface area (Å²) >= 11 is 6.82. The molecule has 0 radical (unpaired) electrons. The Morgan fingerprint density at radius 1 is 1.20 bits per heavy atom. The standard InChI is InChI=1S/C30H38ClN5O4/c1-18(33-19(2)38-5)20-6-7-24(26(31)15-20)25-14-21-17-32-29(34-22-8-11-39-12-9-22)35-27(21)36(28(25)37)23-10-13-40-30(3,4)16-23/h6-7,14-15,17-18,22-23H,8-13,16H2,1-5H3,(H,32,34,35)/b33-19-. The fourth-order valence-corrected chi connectivity index (χ4v) is 5.87. The van der Waals surface area contributed by atoms with Gasteiger partial charge in [0.2, 0.25) is 5.95 Å². The van der Waals surface area contributed by atoms with Gasteiger partial charge >= 0.3 is 0 Å². The first kappa shape index (κ1) is 28.5. The van der Waals surface area contributed by atoms with Crippen LogP contribution in [0, 0.1) is 0 Å². The molecule has 0 saturated carbocycles. The predicted octanol–water partition coefficient (Wildman–Crippen LogP) is 5.96. The SMILES string of the molecule is CO/C(C)=N\C(C)c1ccc(-c2cc3cnc(NC4CCOCC4)nc3n(C3CCOC(C)(C)C3)c2=O)c(Cl)c1. The number of ether oxygens (including phenoxy) is 3. The number of nitrogens with one attached hydrogen (secondary N) is 1. The Bertz CT molecular complexity index is 1460. The van der Waals surface area contributed by atoms with E-state index in [4.69, 9.17) is 30.8 Å². The maximum Gasteiger partial charge on any atom is 0.260 e. The molecule has 1 aromatic carbocycles. The number of aromatic nitrogens is 3. The fraction of sp³-hybridized carbons (Fsp3) is 0.533. The van der Waals surface area contributed by atoms with Crippen LogP contribution in [0.1, 0.15) is 71.0 Å². The summed E-state index contributed by atoms with van der Waals surface area (Å²) in [6, 6.07) is 7.61. The largest absolute Gasteiger partial charge is 0.484 e. The highest BCUT2D eigenvalue weighted by Crippen LogP contribution is 2.35. The molecule has 2 fully saturated rings. The van der Waals surface area contributed by atoms with E-state index in [2.05, 4.69) is 29.1 Å². The highest BCUT2D eigenvalue weighted by atomic mass is 35.5. The van der Waals surface area contributed by atoms with Gasteiger partial charge in [0.1, 0.15) is 5.65 Å². The van der Waals surface area contributed by atoms with Gasteiger partial charge in [0.05, 0.1) is 18.8 Å². The first-order valence-corrected chi connectivity index (χ1v) is 14.3. The van der Waals surface area contributed by atoms with Gasteiger partial charge in [-0.05, 0) is 64.2 Å². The molecule has 4 heterocycles. The second-order valence-electron chi connectivity index (χ2n) is 11.3. The second-order valence-corrected chi connectivity index (χ2v) is 11.7. The minimum atomic E-state index is -0.350. The average molecular weight is 568 g/mol. The summed E-state index contributed by atoms with van der Waals surface area (Å²) in [6.07, 6.45) is 4.99. The third kappa shape index (κ3) is 6.16. The molecule has 2 unspecified atom stereocenters. The molecule has 3 aromatic rings. The smallest absolute Gasteiger partial charge is 0.260 e. The number of pyridine rings is 1. The summed E-state index contributed by atoms with van der Waals surface area (Å²) in [5, 5.41) is 4.72. The third-order valence-corrected chi connectivity index (χ3v) is 8.11. The minimum absolute atomic E-state index is 0.0750. The molecular formula is C30H38ClN5O4. The number of anilines is 1. The molecule has 0 spiro atoms. The number of methoxy groups -OCH3 is 1. The summed E-state index contributed by atoms with van der Waals surface area (Å²) in [7, 11) is 1.60. The van der Waals surface area contributed by atoms with Gasteiger partial charge in [-0.15, -0.1) is 0 Å². The quantitative estimate of drug-likeness (QED) is 0.290. The molecule has 2 atom stereocenters. The number of fused-ring (bicyclic) bond motifs is 1. The van der Waals surface area contributed by atoms with Gasteiger partial charge in [-0.1, -0.05) is 23.7 Å². The van der Waals surface area contributed by atoms with E-state index in [-0.39, 0.29) is 29.3 Å². The lowest BCUT2D eigenvalue weighted by atomic mass is 9.93. The zero-order valence-corrected chi connectivity index (χ0v) is 24.6. The normalized spacial score (nSPS) is 20.9. The zero-order chi connectivity index (χ0) is 28.4. The summed E-state index contributed by atoms with van der Waals surface area (Å²) in [5.74, 6) is 1.12. The van der Waals surface area contributed by atoms with Crippen LogP contribution in [-0.4, -0.2) is 59.0 Å². The summed E-state index contributed by atoms with van der Waals surface area (Å²) in [4.78, 5) is 28.3. The van der Waals surface area contributed by atoms with Gasteiger partial charge < -0.3 is 19.5 Å². The van der Waals surface area contributed by atoms with Crippen LogP contribution in [0.15, 0.2) is 40.2 Å². The Morgan fingerprint density at radius 3 is 2.67 bits per heavy atom. The van der Waals surface area contributed by atoms with E-state index in [1.165, 1.54) is 0 Å². The Balaban J connectivity index is 1.60. The van der Waals surface area contributed by atoms with Crippen LogP contribution in [0.25, 0.3) is 22.2 Å². The van der Waals surface area contributed by atoms with E-state index in [0.29, 0.717) is 59.9 Å². The summed E-state index contributed by atoms with van der Waals surface area (Å²) in [5.41, 5.74) is 2.27. The van der Waals surface area contributed by atoms with Crippen molar-refractivity contribution in [2.75, 3.05) is 32.2 Å². The molecular weight excluding hydrogens is 530 g/mol. The molecule has 40 heavy (non-hydrogen) atoms. The average Bonchev–Trinajstić information content (AvgIpc) is 2.92. The Hall–Kier alpha value is -3.01. The van der Waals surface area contributed by atoms with Gasteiger partial charge in [0.25, 0.3) is 5.56 Å². The molecule has 9 nitrogen and oxygen atoms in total. The van der Waals surface area contributed by atoms with Crippen LogP contribution in [-0.2, 0) is 14.2 Å². The molecule has 0 bridgehead atoms. The highest BCUT2D eigenvalue weighted by molar-refractivity contribution is 6.33. The molecule has 0 aliphatic carbocycles. The van der Waals surface area contributed by atoms with Crippen LogP contribution in [0.4, 0.5) is 5.95 Å². The minimum Gasteiger partial charge on any atom is -0.484 e. The number of hydrogen-bond donors (Lipinski definition) is 1. The Kier molecular flexibility index (Phi) is 8.44. The maximum atomic E-state index is 14.3. The van der Waals surface area contributed by atoms with Crippen molar-refractivity contribution in [1.29, 1.82) is 0 Å². The van der Waals surface area contributed by atoms with E-state index in [0.717, 1.165) is 30.2 Å². The van der Waals surface area contributed by atoms with Crippen molar-refractivity contribution in [3.63, 3.8) is 0 Å². The van der Waals surface area contributed by atoms with Crippen LogP contribution in [0.3, 0.4) is 0 Å². The van der Waals surface area contributed by atoms with E-state index >= 15 is 0 Å². The van der Waals surface area contributed by atoms with Gasteiger partial charge in [-0.2, -0.15) is 4.98 Å². The third-order valence-electron chi connectivity index (χ3n) is 7.80. The van der Waals surface area contributed by atoms with Crippen molar-refractivity contribution in [1.82, 2.24) is 14.5 Å². The number of rotatable bonds is 6. The lowest BCUT2D eigenvalue weighted by molar-refractivity contribution is -0.0689. The van der Waals surface area contributed by atoms with Gasteiger partial charge in [-0.25, -0.2) is 9.98 Å². The van der Waals surface area contributed by atoms with Gasteiger partial charge in [-0.3, -0.25) is 9.36 Å². The van der Waals surface area contributed by atoms with Gasteiger partial charge in [0.15, 0.2) is 5.90 Å². The van der Waals surface area contributed by atoms with Crippen molar-refractivity contribution in [3.05, 3.63) is 51.4 Å². The predicted molar refractivity (Wildman–Crippen MR) is 159 cm³/mol. The summed E-state index contributed by atoms with van der Waals surface area (Å²) < 4.78 is 18.5. The number of halogens is 1. The number of benzene rings is 1. The second kappa shape index (κ2) is 11.8. The Morgan fingerprint density at radius 2 is 1.98 bits per heavy atom. The molecule has 0 amide bonds. The number of aliphatic imine (C=N–C) groups is 1. The molecule has 214 valence electrons. The lowest BCUT2D eigenvalue weighted by Crippen LogP contribution is -2.39. The molecule has 5 rings (SSSR count). The van der Waals surface area contributed by atoms with Crippen molar-refractivity contribution in [2.45, 2.75) is 77.1 Å². The lowest BCUT2D eigenvalue weighted by Gasteiger charge is -2.36. The zero-order valence-electron chi connectivity index (χ0n) is 23.9.